The van der Waals surface area contributed by atoms with Gasteiger partial charge in [-0.1, -0.05) is 18.2 Å². The Morgan fingerprint density at radius 2 is 1.59 bits per heavy atom. The highest BCUT2D eigenvalue weighted by Gasteiger charge is 2.53. The lowest BCUT2D eigenvalue weighted by molar-refractivity contribution is -0.136. The van der Waals surface area contributed by atoms with Crippen molar-refractivity contribution in [2.45, 2.75) is 50.5 Å². The molecule has 1 N–H and O–H groups in total. The second kappa shape index (κ2) is 5.29. The molecule has 0 radical (unpaired) electrons. The minimum Gasteiger partial charge on any atom is -0.481 e. The summed E-state index contributed by atoms with van der Waals surface area (Å²) in [5.41, 5.74) is 1.44. The van der Waals surface area contributed by atoms with Crippen LogP contribution in [0, 0.1) is 17.8 Å². The molecule has 5 rings (SSSR count). The molecule has 1 aromatic carbocycles. The standard InChI is InChI=1S/C19H25NO2/c21-18(22)6-7-20(17-4-2-1-3-5-17)19-11-14-8-15(12-19)10-16(9-14)13-19/h1-5,14-16H,6-13H2,(H,21,22). The third kappa shape index (κ3) is 2.41. The average molecular weight is 299 g/mol. The van der Waals surface area contributed by atoms with E-state index in [-0.39, 0.29) is 12.0 Å². The fourth-order valence-electron chi connectivity index (χ4n) is 5.85. The van der Waals surface area contributed by atoms with E-state index in [2.05, 4.69) is 29.2 Å². The van der Waals surface area contributed by atoms with Crippen LogP contribution in [0.2, 0.25) is 0 Å². The smallest absolute Gasteiger partial charge is 0.305 e. The van der Waals surface area contributed by atoms with Crippen molar-refractivity contribution in [3.8, 4) is 0 Å². The molecule has 0 spiro atoms. The number of carboxylic acid groups (broad SMARTS) is 1. The number of aliphatic carboxylic acids is 1. The van der Waals surface area contributed by atoms with E-state index in [1.807, 2.05) is 6.07 Å². The lowest BCUT2D eigenvalue weighted by Gasteiger charge is -2.61. The van der Waals surface area contributed by atoms with Crippen molar-refractivity contribution in [3.63, 3.8) is 0 Å². The molecule has 0 unspecified atom stereocenters. The molecule has 3 nitrogen and oxygen atoms in total. The molecule has 0 heterocycles. The zero-order chi connectivity index (χ0) is 15.2. The van der Waals surface area contributed by atoms with Crippen LogP contribution in [0.25, 0.3) is 0 Å². The topological polar surface area (TPSA) is 40.5 Å². The SMILES string of the molecule is O=C(O)CCN(c1ccccc1)C12CC3CC(CC(C3)C1)C2. The summed E-state index contributed by atoms with van der Waals surface area (Å²) >= 11 is 0. The molecule has 118 valence electrons. The van der Waals surface area contributed by atoms with E-state index in [1.165, 1.54) is 44.2 Å². The summed E-state index contributed by atoms with van der Waals surface area (Å²) in [4.78, 5) is 13.6. The molecule has 22 heavy (non-hydrogen) atoms. The Morgan fingerprint density at radius 1 is 1.05 bits per heavy atom. The predicted molar refractivity (Wildman–Crippen MR) is 86.9 cm³/mol. The fourth-order valence-corrected chi connectivity index (χ4v) is 5.85. The van der Waals surface area contributed by atoms with Crippen LogP contribution in [0.5, 0.6) is 0 Å². The van der Waals surface area contributed by atoms with Gasteiger partial charge in [-0.2, -0.15) is 0 Å². The first-order valence-corrected chi connectivity index (χ1v) is 8.69. The van der Waals surface area contributed by atoms with Crippen molar-refractivity contribution in [3.05, 3.63) is 30.3 Å². The third-order valence-corrected chi connectivity index (χ3v) is 6.20. The number of anilines is 1. The number of nitrogens with zero attached hydrogens (tertiary/aromatic N) is 1. The average Bonchev–Trinajstić information content (AvgIpc) is 2.46. The van der Waals surface area contributed by atoms with Gasteiger partial charge in [-0.05, 0) is 68.4 Å². The van der Waals surface area contributed by atoms with E-state index in [0.717, 1.165) is 17.8 Å². The highest BCUT2D eigenvalue weighted by molar-refractivity contribution is 5.68. The van der Waals surface area contributed by atoms with E-state index in [0.29, 0.717) is 6.54 Å². The molecule has 4 fully saturated rings. The second-order valence-electron chi connectivity index (χ2n) is 7.77. The molecule has 0 aliphatic heterocycles. The van der Waals surface area contributed by atoms with Gasteiger partial charge in [0.15, 0.2) is 0 Å². The van der Waals surface area contributed by atoms with Crippen LogP contribution >= 0.6 is 0 Å². The van der Waals surface area contributed by atoms with Crippen LogP contribution in [0.15, 0.2) is 30.3 Å². The van der Waals surface area contributed by atoms with Gasteiger partial charge in [-0.15, -0.1) is 0 Å². The Morgan fingerprint density at radius 3 is 2.09 bits per heavy atom. The highest BCUT2D eigenvalue weighted by Crippen LogP contribution is 2.58. The minimum atomic E-state index is -0.689. The molecule has 4 aliphatic rings. The number of para-hydroxylation sites is 1. The zero-order valence-electron chi connectivity index (χ0n) is 13.1. The van der Waals surface area contributed by atoms with Crippen molar-refractivity contribution in [1.82, 2.24) is 0 Å². The minimum absolute atomic E-state index is 0.228. The van der Waals surface area contributed by atoms with Crippen molar-refractivity contribution in [2.24, 2.45) is 17.8 Å². The Kier molecular flexibility index (Phi) is 3.39. The van der Waals surface area contributed by atoms with Gasteiger partial charge >= 0.3 is 5.97 Å². The Balaban J connectivity index is 1.66. The van der Waals surface area contributed by atoms with Gasteiger partial charge in [-0.25, -0.2) is 0 Å². The van der Waals surface area contributed by atoms with E-state index < -0.39 is 5.97 Å². The number of rotatable bonds is 5. The normalized spacial score (nSPS) is 35.5. The van der Waals surface area contributed by atoms with Crippen LogP contribution in [0.3, 0.4) is 0 Å². The lowest BCUT2D eigenvalue weighted by Crippen LogP contribution is -2.60. The van der Waals surface area contributed by atoms with Crippen molar-refractivity contribution >= 4 is 11.7 Å². The van der Waals surface area contributed by atoms with Crippen LogP contribution in [0.1, 0.15) is 44.9 Å². The van der Waals surface area contributed by atoms with Crippen LogP contribution in [-0.4, -0.2) is 23.2 Å². The van der Waals surface area contributed by atoms with Gasteiger partial charge in [-0.3, -0.25) is 4.79 Å². The number of hydrogen-bond donors (Lipinski definition) is 1. The molecule has 1 aromatic rings. The molecule has 0 atom stereocenters. The molecule has 0 aromatic heterocycles. The maximum Gasteiger partial charge on any atom is 0.305 e. The lowest BCUT2D eigenvalue weighted by atomic mass is 9.52. The second-order valence-corrected chi connectivity index (χ2v) is 7.77. The maximum absolute atomic E-state index is 11.1. The highest BCUT2D eigenvalue weighted by atomic mass is 16.4. The molecule has 4 bridgehead atoms. The largest absolute Gasteiger partial charge is 0.481 e. The Labute approximate surface area is 132 Å². The summed E-state index contributed by atoms with van der Waals surface area (Å²) < 4.78 is 0. The zero-order valence-corrected chi connectivity index (χ0v) is 13.1. The van der Waals surface area contributed by atoms with Crippen molar-refractivity contribution in [1.29, 1.82) is 0 Å². The van der Waals surface area contributed by atoms with Gasteiger partial charge in [0.1, 0.15) is 0 Å². The first kappa shape index (κ1) is 14.1. The predicted octanol–water partition coefficient (Wildman–Crippen LogP) is 3.94. The molecule has 0 saturated heterocycles. The fraction of sp³-hybridized carbons (Fsp3) is 0.632. The van der Waals surface area contributed by atoms with Gasteiger partial charge < -0.3 is 10.0 Å². The van der Waals surface area contributed by atoms with Crippen LogP contribution < -0.4 is 4.90 Å². The molecule has 4 saturated carbocycles. The van der Waals surface area contributed by atoms with Gasteiger partial charge in [0, 0.05) is 17.8 Å². The van der Waals surface area contributed by atoms with Crippen LogP contribution in [-0.2, 0) is 4.79 Å². The maximum atomic E-state index is 11.1. The molecule has 4 aliphatic carbocycles. The number of hydrogen-bond acceptors (Lipinski definition) is 2. The number of carbonyl (C=O) groups is 1. The van der Waals surface area contributed by atoms with Gasteiger partial charge in [0.25, 0.3) is 0 Å². The molecule has 3 heteroatoms. The van der Waals surface area contributed by atoms with Gasteiger partial charge in [0.2, 0.25) is 0 Å². The first-order chi connectivity index (χ1) is 10.6. The molecule has 0 amide bonds. The summed E-state index contributed by atoms with van der Waals surface area (Å²) in [7, 11) is 0. The number of benzene rings is 1. The quantitative estimate of drug-likeness (QED) is 0.895. The van der Waals surface area contributed by atoms with E-state index >= 15 is 0 Å². The first-order valence-electron chi connectivity index (χ1n) is 8.69. The van der Waals surface area contributed by atoms with E-state index in [4.69, 9.17) is 5.11 Å². The van der Waals surface area contributed by atoms with Gasteiger partial charge in [0.05, 0.1) is 6.42 Å². The van der Waals surface area contributed by atoms with E-state index in [9.17, 15) is 4.79 Å². The summed E-state index contributed by atoms with van der Waals surface area (Å²) in [5, 5.41) is 9.16. The number of carboxylic acids is 1. The summed E-state index contributed by atoms with van der Waals surface area (Å²) in [5.74, 6) is 1.94. The summed E-state index contributed by atoms with van der Waals surface area (Å²) in [6, 6.07) is 10.5. The summed E-state index contributed by atoms with van der Waals surface area (Å²) in [6.07, 6.45) is 8.30. The molecular weight excluding hydrogens is 274 g/mol. The van der Waals surface area contributed by atoms with E-state index in [1.54, 1.807) is 0 Å². The monoisotopic (exact) mass is 299 g/mol. The summed E-state index contributed by atoms with van der Waals surface area (Å²) in [6.45, 7) is 0.644. The van der Waals surface area contributed by atoms with Crippen molar-refractivity contribution < 1.29 is 9.90 Å². The Bertz CT molecular complexity index is 519. The molecular formula is C19H25NO2. The van der Waals surface area contributed by atoms with Crippen molar-refractivity contribution in [2.75, 3.05) is 11.4 Å². The third-order valence-electron chi connectivity index (χ3n) is 6.20. The Hall–Kier alpha value is -1.51. The van der Waals surface area contributed by atoms with Crippen LogP contribution in [0.4, 0.5) is 5.69 Å².